The van der Waals surface area contributed by atoms with Crippen molar-refractivity contribution in [3.8, 4) is 11.1 Å². The Bertz CT molecular complexity index is 1200. The average Bonchev–Trinajstić information content (AvgIpc) is 2.80. The molecule has 31 heavy (non-hydrogen) atoms. The predicted octanol–water partition coefficient (Wildman–Crippen LogP) is 3.39. The Labute approximate surface area is 180 Å². The van der Waals surface area contributed by atoms with Gasteiger partial charge in [-0.05, 0) is 59.3 Å². The third-order valence-electron chi connectivity index (χ3n) is 5.58. The van der Waals surface area contributed by atoms with E-state index in [2.05, 4.69) is 68.9 Å². The van der Waals surface area contributed by atoms with Crippen LogP contribution in [0.1, 0.15) is 5.56 Å². The summed E-state index contributed by atoms with van der Waals surface area (Å²) >= 11 is 0. The molecule has 1 aliphatic rings. The van der Waals surface area contributed by atoms with E-state index >= 15 is 0 Å². The normalized spacial score (nSPS) is 14.0. The smallest absolute Gasteiger partial charge is 0.295 e. The van der Waals surface area contributed by atoms with Crippen molar-refractivity contribution in [2.24, 2.45) is 0 Å². The van der Waals surface area contributed by atoms with Crippen molar-refractivity contribution < 1.29 is 4.85 Å². The minimum absolute atomic E-state index is 0.276. The fourth-order valence-corrected chi connectivity index (χ4v) is 3.84. The van der Waals surface area contributed by atoms with Gasteiger partial charge in [0.15, 0.2) is 0 Å². The van der Waals surface area contributed by atoms with Gasteiger partial charge in [0.2, 0.25) is 0 Å². The molecule has 0 bridgehead atoms. The molecule has 0 spiro atoms. The van der Waals surface area contributed by atoms with Crippen LogP contribution in [0.15, 0.2) is 66.7 Å². The lowest BCUT2D eigenvalue weighted by molar-refractivity contribution is -0.641. The van der Waals surface area contributed by atoms with Gasteiger partial charge < -0.3 is 20.7 Å². The highest BCUT2D eigenvalue weighted by Crippen LogP contribution is 2.24. The Balaban J connectivity index is 1.41. The van der Waals surface area contributed by atoms with Crippen molar-refractivity contribution in [2.75, 3.05) is 36.4 Å². The molecule has 1 aliphatic heterocycles. The fourth-order valence-electron chi connectivity index (χ4n) is 3.84. The molecule has 1 fully saturated rings. The van der Waals surface area contributed by atoms with Gasteiger partial charge in [-0.3, -0.25) is 0 Å². The third-order valence-corrected chi connectivity index (χ3v) is 5.58. The van der Waals surface area contributed by atoms with Crippen molar-refractivity contribution in [2.45, 2.75) is 6.92 Å². The Kier molecular flexibility index (Phi) is 5.09. The van der Waals surface area contributed by atoms with Crippen molar-refractivity contribution in [3.05, 3.63) is 77.5 Å². The van der Waals surface area contributed by atoms with Crippen molar-refractivity contribution in [3.63, 3.8) is 0 Å². The van der Waals surface area contributed by atoms with Crippen LogP contribution in [-0.2, 0) is 0 Å². The first-order valence-electron chi connectivity index (χ1n) is 10.5. The second-order valence-electron chi connectivity index (χ2n) is 7.79. The van der Waals surface area contributed by atoms with Gasteiger partial charge in [-0.25, -0.2) is 4.98 Å². The average molecular weight is 412 g/mol. The highest BCUT2D eigenvalue weighted by Gasteiger charge is 2.14. The number of rotatable bonds is 4. The number of hydrogen-bond acceptors (Lipinski definition) is 6. The molecule has 1 saturated heterocycles. The molecule has 0 saturated carbocycles. The minimum atomic E-state index is 0.276. The van der Waals surface area contributed by atoms with Crippen LogP contribution < -0.4 is 20.4 Å². The SMILES string of the molecule is Cc1ccc(-c2ccc3c(c2)nc(Nc2ccc(N4CCNCC4)cc2)n[n+]3[O-])cc1. The van der Waals surface area contributed by atoms with Gasteiger partial charge in [0.05, 0.1) is 5.10 Å². The standard InChI is InChI=1S/C24H24N6O/c1-17-2-4-18(5-3-17)19-6-11-23-22(16-19)27-24(28-30(23)31)26-20-7-9-21(10-8-20)29-14-12-25-13-15-29/h2-11,16,25H,12-15H2,1H3,(H,26,27,28). The minimum Gasteiger partial charge on any atom is -0.594 e. The first-order valence-corrected chi connectivity index (χ1v) is 10.5. The highest BCUT2D eigenvalue weighted by atomic mass is 16.5. The summed E-state index contributed by atoms with van der Waals surface area (Å²) < 4.78 is 0. The molecule has 7 heteroatoms. The molecule has 0 aliphatic carbocycles. The molecule has 4 aromatic rings. The number of hydrogen-bond donors (Lipinski definition) is 2. The number of aryl methyl sites for hydroxylation is 1. The molecule has 2 heterocycles. The van der Waals surface area contributed by atoms with Crippen LogP contribution in [0.2, 0.25) is 0 Å². The van der Waals surface area contributed by atoms with Crippen LogP contribution in [0.5, 0.6) is 0 Å². The van der Waals surface area contributed by atoms with Crippen LogP contribution in [0, 0.1) is 12.1 Å². The lowest BCUT2D eigenvalue weighted by Gasteiger charge is -2.29. The van der Waals surface area contributed by atoms with Crippen LogP contribution in [0.25, 0.3) is 22.2 Å². The quantitative estimate of drug-likeness (QED) is 0.395. The molecule has 0 unspecified atom stereocenters. The van der Waals surface area contributed by atoms with E-state index in [1.807, 2.05) is 24.3 Å². The van der Waals surface area contributed by atoms with E-state index in [-0.39, 0.29) is 5.95 Å². The zero-order valence-corrected chi connectivity index (χ0v) is 17.4. The molecule has 2 N–H and O–H groups in total. The summed E-state index contributed by atoms with van der Waals surface area (Å²) in [6.45, 7) is 6.06. The molecule has 156 valence electrons. The van der Waals surface area contributed by atoms with Gasteiger partial charge in [0.1, 0.15) is 5.52 Å². The van der Waals surface area contributed by atoms with E-state index in [9.17, 15) is 5.21 Å². The Hall–Kier alpha value is -3.71. The van der Waals surface area contributed by atoms with Crippen molar-refractivity contribution >= 4 is 28.4 Å². The van der Waals surface area contributed by atoms with Gasteiger partial charge in [0.25, 0.3) is 11.5 Å². The van der Waals surface area contributed by atoms with Gasteiger partial charge in [-0.2, -0.15) is 0 Å². The molecule has 7 nitrogen and oxygen atoms in total. The Morgan fingerprint density at radius 2 is 1.65 bits per heavy atom. The highest BCUT2D eigenvalue weighted by molar-refractivity contribution is 5.80. The van der Waals surface area contributed by atoms with Crippen LogP contribution >= 0.6 is 0 Å². The molecule has 0 amide bonds. The zero-order valence-electron chi connectivity index (χ0n) is 17.4. The summed E-state index contributed by atoms with van der Waals surface area (Å²) in [6, 6.07) is 22.0. The first-order chi connectivity index (χ1) is 15.2. The van der Waals surface area contributed by atoms with Crippen molar-refractivity contribution in [1.29, 1.82) is 0 Å². The number of fused-ring (bicyclic) bond motifs is 1. The zero-order chi connectivity index (χ0) is 21.2. The van der Waals surface area contributed by atoms with Gasteiger partial charge in [0, 0.05) is 43.6 Å². The molecule has 3 aromatic carbocycles. The lowest BCUT2D eigenvalue weighted by Crippen LogP contribution is -2.43. The topological polar surface area (TPSA) is 80.0 Å². The first kappa shape index (κ1) is 19.3. The maximum absolute atomic E-state index is 12.5. The Morgan fingerprint density at radius 3 is 2.39 bits per heavy atom. The molecule has 1 aromatic heterocycles. The number of benzene rings is 3. The van der Waals surface area contributed by atoms with Gasteiger partial charge >= 0.3 is 0 Å². The van der Waals surface area contributed by atoms with E-state index in [1.54, 1.807) is 6.07 Å². The monoisotopic (exact) mass is 412 g/mol. The van der Waals surface area contributed by atoms with E-state index in [0.717, 1.165) is 43.0 Å². The molecular formula is C24H24N6O. The largest absolute Gasteiger partial charge is 0.594 e. The summed E-state index contributed by atoms with van der Waals surface area (Å²) in [6.07, 6.45) is 0. The van der Waals surface area contributed by atoms with E-state index in [4.69, 9.17) is 0 Å². The van der Waals surface area contributed by atoms with Crippen molar-refractivity contribution in [1.82, 2.24) is 15.4 Å². The molecule has 5 rings (SSSR count). The maximum atomic E-state index is 12.5. The van der Waals surface area contributed by atoms with Crippen LogP contribution in [-0.4, -0.2) is 36.3 Å². The molecule has 0 atom stereocenters. The van der Waals surface area contributed by atoms with E-state index in [1.165, 1.54) is 11.3 Å². The van der Waals surface area contributed by atoms with E-state index in [0.29, 0.717) is 15.9 Å². The van der Waals surface area contributed by atoms with E-state index < -0.39 is 0 Å². The Morgan fingerprint density at radius 1 is 0.935 bits per heavy atom. The number of nitrogens with zero attached hydrogens (tertiary/aromatic N) is 4. The van der Waals surface area contributed by atoms with Gasteiger partial charge in [-0.1, -0.05) is 29.8 Å². The van der Waals surface area contributed by atoms with Crippen LogP contribution in [0.3, 0.4) is 0 Å². The predicted molar refractivity (Wildman–Crippen MR) is 123 cm³/mol. The second kappa shape index (κ2) is 8.20. The summed E-state index contributed by atoms with van der Waals surface area (Å²) in [7, 11) is 0. The summed E-state index contributed by atoms with van der Waals surface area (Å²) in [5.41, 5.74) is 6.37. The summed E-state index contributed by atoms with van der Waals surface area (Å²) in [5, 5.41) is 23.0. The number of aromatic nitrogens is 3. The molecule has 0 radical (unpaired) electrons. The second-order valence-corrected chi connectivity index (χ2v) is 7.79. The lowest BCUT2D eigenvalue weighted by atomic mass is 10.0. The maximum Gasteiger partial charge on any atom is 0.295 e. The fraction of sp³-hybridized carbons (Fsp3) is 0.208. The summed E-state index contributed by atoms with van der Waals surface area (Å²) in [4.78, 5) is 7.56. The number of piperazine rings is 1. The third kappa shape index (κ3) is 4.13. The number of nitrogens with one attached hydrogen (secondary N) is 2. The summed E-state index contributed by atoms with van der Waals surface area (Å²) in [5.74, 6) is 0.276. The number of anilines is 3. The van der Waals surface area contributed by atoms with Crippen LogP contribution in [0.4, 0.5) is 17.3 Å². The van der Waals surface area contributed by atoms with Gasteiger partial charge in [-0.15, -0.1) is 0 Å². The molecular weight excluding hydrogens is 388 g/mol.